The summed E-state index contributed by atoms with van der Waals surface area (Å²) in [4.78, 5) is 11.6. The highest BCUT2D eigenvalue weighted by Crippen LogP contribution is 2.18. The third-order valence-electron chi connectivity index (χ3n) is 3.76. The molecule has 0 aromatic carbocycles. The van der Waals surface area contributed by atoms with Crippen LogP contribution in [0.3, 0.4) is 0 Å². The van der Waals surface area contributed by atoms with Gasteiger partial charge in [0, 0.05) is 6.08 Å². The van der Waals surface area contributed by atoms with Crippen molar-refractivity contribution < 1.29 is 14.6 Å². The molecular formula is C20H36O3. The maximum Gasteiger partial charge on any atom is 0.331 e. The molecule has 0 saturated carbocycles. The van der Waals surface area contributed by atoms with Crippen molar-refractivity contribution in [2.75, 3.05) is 6.61 Å². The Morgan fingerprint density at radius 2 is 1.96 bits per heavy atom. The minimum atomic E-state index is -0.589. The van der Waals surface area contributed by atoms with Crippen molar-refractivity contribution in [3.8, 4) is 0 Å². The smallest absolute Gasteiger partial charge is 0.331 e. The molecule has 0 aliphatic heterocycles. The van der Waals surface area contributed by atoms with Gasteiger partial charge in [-0.25, -0.2) is 4.79 Å². The van der Waals surface area contributed by atoms with Crippen molar-refractivity contribution in [3.05, 3.63) is 23.8 Å². The van der Waals surface area contributed by atoms with E-state index in [2.05, 4.69) is 19.9 Å². The molecule has 134 valence electrons. The molecule has 0 heterocycles. The van der Waals surface area contributed by atoms with E-state index in [0.717, 1.165) is 37.7 Å². The molecule has 3 heteroatoms. The van der Waals surface area contributed by atoms with Crippen molar-refractivity contribution in [3.63, 3.8) is 0 Å². The van der Waals surface area contributed by atoms with Gasteiger partial charge in [-0.05, 0) is 57.9 Å². The van der Waals surface area contributed by atoms with Crippen molar-refractivity contribution in [1.29, 1.82) is 0 Å². The molecule has 0 aromatic rings. The predicted molar refractivity (Wildman–Crippen MR) is 97.3 cm³/mol. The van der Waals surface area contributed by atoms with Gasteiger partial charge in [-0.15, -0.1) is 0 Å². The highest BCUT2D eigenvalue weighted by molar-refractivity contribution is 5.83. The number of unbranched alkanes of at least 4 members (excludes halogenated alkanes) is 3. The number of hydrogen-bond acceptors (Lipinski definition) is 3. The van der Waals surface area contributed by atoms with Crippen LogP contribution in [0.2, 0.25) is 0 Å². The van der Waals surface area contributed by atoms with Crippen molar-refractivity contribution in [1.82, 2.24) is 0 Å². The minimum absolute atomic E-state index is 0.251. The van der Waals surface area contributed by atoms with E-state index in [1.165, 1.54) is 12.8 Å². The molecule has 3 nitrogen and oxygen atoms in total. The number of ether oxygens (including phenoxy) is 1. The molecule has 0 aliphatic carbocycles. The largest absolute Gasteiger partial charge is 0.463 e. The van der Waals surface area contributed by atoms with Crippen LogP contribution in [-0.2, 0) is 9.53 Å². The highest BCUT2D eigenvalue weighted by atomic mass is 16.5. The third kappa shape index (κ3) is 15.6. The number of carbonyl (C=O) groups excluding carboxylic acids is 1. The summed E-state index contributed by atoms with van der Waals surface area (Å²) in [6.45, 7) is 10.5. The van der Waals surface area contributed by atoms with Gasteiger partial charge in [-0.1, -0.05) is 45.3 Å². The second-order valence-corrected chi connectivity index (χ2v) is 7.21. The average molecular weight is 325 g/mol. The second kappa shape index (κ2) is 12.3. The summed E-state index contributed by atoms with van der Waals surface area (Å²) in [5.41, 5.74) is 0.326. The Morgan fingerprint density at radius 3 is 2.57 bits per heavy atom. The molecule has 0 radical (unpaired) electrons. The average Bonchev–Trinajstić information content (AvgIpc) is 2.44. The van der Waals surface area contributed by atoms with Gasteiger partial charge in [0.05, 0.1) is 12.2 Å². The lowest BCUT2D eigenvalue weighted by Crippen LogP contribution is -2.19. The Kier molecular flexibility index (Phi) is 11.8. The molecule has 0 saturated heterocycles. The van der Waals surface area contributed by atoms with E-state index in [0.29, 0.717) is 12.5 Å². The van der Waals surface area contributed by atoms with Gasteiger partial charge in [-0.3, -0.25) is 0 Å². The first-order chi connectivity index (χ1) is 10.7. The summed E-state index contributed by atoms with van der Waals surface area (Å²) in [5.74, 6) is 0.273. The van der Waals surface area contributed by atoms with Crippen LogP contribution < -0.4 is 0 Å². The number of allylic oxidation sites excluding steroid dienone is 3. The molecule has 1 unspecified atom stereocenters. The van der Waals surface area contributed by atoms with Crippen LogP contribution >= 0.6 is 0 Å². The minimum Gasteiger partial charge on any atom is -0.463 e. The molecule has 1 N–H and O–H groups in total. The first kappa shape index (κ1) is 21.9. The molecular weight excluding hydrogens is 288 g/mol. The van der Waals surface area contributed by atoms with Crippen LogP contribution in [-0.4, -0.2) is 23.3 Å². The van der Waals surface area contributed by atoms with Gasteiger partial charge in [0.1, 0.15) is 0 Å². The monoisotopic (exact) mass is 324 g/mol. The Bertz CT molecular complexity index is 375. The highest BCUT2D eigenvalue weighted by Gasteiger charge is 2.13. The number of aliphatic hydroxyl groups is 1. The first-order valence-electron chi connectivity index (χ1n) is 8.98. The molecule has 0 fully saturated rings. The van der Waals surface area contributed by atoms with Gasteiger partial charge >= 0.3 is 5.97 Å². The molecule has 0 rings (SSSR count). The summed E-state index contributed by atoms with van der Waals surface area (Å²) in [6.07, 6.45) is 12.8. The van der Waals surface area contributed by atoms with Crippen LogP contribution in [0.4, 0.5) is 0 Å². The Hall–Kier alpha value is -1.09. The van der Waals surface area contributed by atoms with Gasteiger partial charge in [-0.2, -0.15) is 0 Å². The summed E-state index contributed by atoms with van der Waals surface area (Å²) < 4.78 is 5.19. The number of hydrogen-bond donors (Lipinski definition) is 1. The Balaban J connectivity index is 3.96. The maximum atomic E-state index is 11.6. The molecule has 0 aliphatic rings. The number of esters is 1. The van der Waals surface area contributed by atoms with E-state index in [9.17, 15) is 9.90 Å². The summed E-state index contributed by atoms with van der Waals surface area (Å²) >= 11 is 0. The Morgan fingerprint density at radius 1 is 1.26 bits per heavy atom. The van der Waals surface area contributed by atoms with Crippen LogP contribution in [0.15, 0.2) is 23.8 Å². The van der Waals surface area contributed by atoms with E-state index in [1.54, 1.807) is 6.08 Å². The molecule has 0 spiro atoms. The van der Waals surface area contributed by atoms with Gasteiger partial charge < -0.3 is 9.84 Å². The second-order valence-electron chi connectivity index (χ2n) is 7.21. The van der Waals surface area contributed by atoms with Crippen LogP contribution in [0.25, 0.3) is 0 Å². The van der Waals surface area contributed by atoms with Crippen LogP contribution in [0.5, 0.6) is 0 Å². The lowest BCUT2D eigenvalue weighted by Gasteiger charge is -2.19. The van der Waals surface area contributed by atoms with E-state index in [-0.39, 0.29) is 5.97 Å². The summed E-state index contributed by atoms with van der Waals surface area (Å²) in [5, 5.41) is 9.72. The zero-order valence-electron chi connectivity index (χ0n) is 15.7. The summed E-state index contributed by atoms with van der Waals surface area (Å²) in [6, 6.07) is 0. The SMILES string of the molecule is CCCCCCOC(=O)/C=C(C)/C=C/CC(C)CCC(C)(C)O. The standard InChI is InChI=1S/C20H36O3/c1-6-7-8-9-15-23-19(21)16-18(3)12-10-11-17(2)13-14-20(4,5)22/h10,12,16-17,22H,6-9,11,13-15H2,1-5H3/b12-10+,18-16+. The molecule has 0 amide bonds. The zero-order chi connectivity index (χ0) is 17.7. The maximum absolute atomic E-state index is 11.6. The molecule has 1 atom stereocenters. The lowest BCUT2D eigenvalue weighted by atomic mass is 9.94. The summed E-state index contributed by atoms with van der Waals surface area (Å²) in [7, 11) is 0. The zero-order valence-corrected chi connectivity index (χ0v) is 15.7. The topological polar surface area (TPSA) is 46.5 Å². The fraction of sp³-hybridized carbons (Fsp3) is 0.750. The van der Waals surface area contributed by atoms with Crippen LogP contribution in [0, 0.1) is 5.92 Å². The fourth-order valence-corrected chi connectivity index (χ4v) is 2.18. The Labute approximate surface area is 142 Å². The third-order valence-corrected chi connectivity index (χ3v) is 3.76. The van der Waals surface area contributed by atoms with Crippen molar-refractivity contribution in [2.24, 2.45) is 5.92 Å². The molecule has 0 aromatic heterocycles. The quantitative estimate of drug-likeness (QED) is 0.232. The van der Waals surface area contributed by atoms with Crippen LogP contribution in [0.1, 0.15) is 79.6 Å². The molecule has 23 heavy (non-hydrogen) atoms. The fourth-order valence-electron chi connectivity index (χ4n) is 2.18. The van der Waals surface area contributed by atoms with E-state index >= 15 is 0 Å². The van der Waals surface area contributed by atoms with Gasteiger partial charge in [0.25, 0.3) is 0 Å². The number of carbonyl (C=O) groups is 1. The first-order valence-corrected chi connectivity index (χ1v) is 8.98. The van der Waals surface area contributed by atoms with E-state index in [1.807, 2.05) is 26.8 Å². The van der Waals surface area contributed by atoms with Crippen molar-refractivity contribution in [2.45, 2.75) is 85.2 Å². The lowest BCUT2D eigenvalue weighted by molar-refractivity contribution is -0.137. The normalized spacial score (nSPS) is 14.3. The van der Waals surface area contributed by atoms with Gasteiger partial charge in [0.15, 0.2) is 0 Å². The predicted octanol–water partition coefficient (Wildman–Crippen LogP) is 5.19. The molecule has 0 bridgehead atoms. The number of rotatable bonds is 12. The van der Waals surface area contributed by atoms with E-state index < -0.39 is 5.60 Å². The van der Waals surface area contributed by atoms with Crippen molar-refractivity contribution >= 4 is 5.97 Å². The van der Waals surface area contributed by atoms with E-state index in [4.69, 9.17) is 4.74 Å². The van der Waals surface area contributed by atoms with Gasteiger partial charge in [0.2, 0.25) is 0 Å².